The Morgan fingerprint density at radius 2 is 1.60 bits per heavy atom. The van der Waals surface area contributed by atoms with Crippen molar-refractivity contribution in [2.24, 2.45) is 0 Å². The zero-order valence-electron chi connectivity index (χ0n) is 16.0. The Balaban J connectivity index is 1.62. The van der Waals surface area contributed by atoms with Crippen LogP contribution >= 0.6 is 0 Å². The van der Waals surface area contributed by atoms with Gasteiger partial charge in [-0.1, -0.05) is 0 Å². The van der Waals surface area contributed by atoms with Crippen molar-refractivity contribution in [3.63, 3.8) is 0 Å². The van der Waals surface area contributed by atoms with Crippen LogP contribution in [0.2, 0.25) is 0 Å². The molecular weight excluding hydrogens is 398 g/mol. The quantitative estimate of drug-likeness (QED) is 0.591. The van der Waals surface area contributed by atoms with Gasteiger partial charge in [0.1, 0.15) is 11.6 Å². The summed E-state index contributed by atoms with van der Waals surface area (Å²) >= 11 is 0. The molecule has 0 atom stereocenters. The molecule has 0 unspecified atom stereocenters. The molecule has 3 aromatic rings. The smallest absolute Gasteiger partial charge is 0.370 e. The van der Waals surface area contributed by atoms with Gasteiger partial charge in [-0.3, -0.25) is 4.98 Å². The molecule has 3 heterocycles. The predicted molar refractivity (Wildman–Crippen MR) is 106 cm³/mol. The number of halogens is 4. The number of hydrogen-bond acceptors (Lipinski definition) is 5. The van der Waals surface area contributed by atoms with Gasteiger partial charge < -0.3 is 9.80 Å². The third kappa shape index (κ3) is 4.50. The van der Waals surface area contributed by atoms with Crippen LogP contribution in [0, 0.1) is 5.82 Å². The fourth-order valence-corrected chi connectivity index (χ4v) is 3.42. The Morgan fingerprint density at radius 3 is 2.30 bits per heavy atom. The molecule has 1 aliphatic heterocycles. The van der Waals surface area contributed by atoms with E-state index in [-0.39, 0.29) is 17.5 Å². The first kappa shape index (κ1) is 20.1. The van der Waals surface area contributed by atoms with E-state index in [1.807, 2.05) is 4.90 Å². The molecule has 0 amide bonds. The van der Waals surface area contributed by atoms with Gasteiger partial charge in [-0.25, -0.2) is 14.4 Å². The van der Waals surface area contributed by atoms with Crippen molar-refractivity contribution in [1.29, 1.82) is 0 Å². The lowest BCUT2D eigenvalue weighted by molar-refractivity contribution is -0.141. The Kier molecular flexibility index (Phi) is 5.52. The van der Waals surface area contributed by atoms with Crippen molar-refractivity contribution in [2.75, 3.05) is 36.0 Å². The molecule has 1 aliphatic rings. The van der Waals surface area contributed by atoms with Crippen molar-refractivity contribution in [3.8, 4) is 11.4 Å². The summed E-state index contributed by atoms with van der Waals surface area (Å²) < 4.78 is 53.6. The molecule has 156 valence electrons. The van der Waals surface area contributed by atoms with Gasteiger partial charge in [0.05, 0.1) is 0 Å². The third-order valence-electron chi connectivity index (χ3n) is 4.93. The molecular formula is C21H19F4N5. The van der Waals surface area contributed by atoms with Crippen molar-refractivity contribution in [2.45, 2.75) is 12.6 Å². The van der Waals surface area contributed by atoms with Crippen LogP contribution in [-0.2, 0) is 6.18 Å². The standard InChI is InChI=1S/C21H19F4N5/c22-16-4-6-17(7-5-16)29-9-2-10-30(12-11-29)19-13-18(21(23,24)25)27-20(28-19)15-3-1-8-26-14-15/h1,3-8,13-14H,2,9-12H2. The first-order chi connectivity index (χ1) is 14.4. The van der Waals surface area contributed by atoms with Crippen LogP contribution in [0.4, 0.5) is 29.1 Å². The number of nitrogens with zero attached hydrogens (tertiary/aromatic N) is 5. The average molecular weight is 417 g/mol. The summed E-state index contributed by atoms with van der Waals surface area (Å²) in [4.78, 5) is 16.0. The summed E-state index contributed by atoms with van der Waals surface area (Å²) in [6.07, 6.45) is -0.875. The van der Waals surface area contributed by atoms with Gasteiger partial charge in [-0.15, -0.1) is 0 Å². The normalized spacial score (nSPS) is 15.2. The van der Waals surface area contributed by atoms with Crippen LogP contribution in [0.1, 0.15) is 12.1 Å². The van der Waals surface area contributed by atoms with E-state index in [1.54, 1.807) is 24.3 Å². The van der Waals surface area contributed by atoms with E-state index in [4.69, 9.17) is 0 Å². The fourth-order valence-electron chi connectivity index (χ4n) is 3.42. The van der Waals surface area contributed by atoms with Crippen molar-refractivity contribution in [3.05, 3.63) is 66.4 Å². The summed E-state index contributed by atoms with van der Waals surface area (Å²) in [5, 5.41) is 0. The second kappa shape index (κ2) is 8.25. The minimum absolute atomic E-state index is 0.00689. The van der Waals surface area contributed by atoms with E-state index in [9.17, 15) is 17.6 Å². The highest BCUT2D eigenvalue weighted by Gasteiger charge is 2.34. The van der Waals surface area contributed by atoms with E-state index in [1.165, 1.54) is 24.5 Å². The van der Waals surface area contributed by atoms with Gasteiger partial charge in [-0.05, 0) is 42.8 Å². The van der Waals surface area contributed by atoms with Crippen LogP contribution in [0.25, 0.3) is 11.4 Å². The molecule has 0 saturated carbocycles. The lowest BCUT2D eigenvalue weighted by Crippen LogP contribution is -2.31. The van der Waals surface area contributed by atoms with Crippen molar-refractivity contribution in [1.82, 2.24) is 15.0 Å². The average Bonchev–Trinajstić information content (AvgIpc) is 3.00. The highest BCUT2D eigenvalue weighted by atomic mass is 19.4. The van der Waals surface area contributed by atoms with Crippen LogP contribution in [0.15, 0.2) is 54.9 Å². The van der Waals surface area contributed by atoms with E-state index < -0.39 is 11.9 Å². The highest BCUT2D eigenvalue weighted by molar-refractivity contribution is 5.57. The summed E-state index contributed by atoms with van der Waals surface area (Å²) in [7, 11) is 0. The molecule has 1 aromatic carbocycles. The molecule has 1 saturated heterocycles. The van der Waals surface area contributed by atoms with Crippen LogP contribution in [-0.4, -0.2) is 41.1 Å². The SMILES string of the molecule is Fc1ccc(N2CCCN(c3cc(C(F)(F)F)nc(-c4cccnc4)n3)CC2)cc1. The maximum absolute atomic E-state index is 13.5. The number of aromatic nitrogens is 3. The second-order valence-electron chi connectivity index (χ2n) is 6.98. The topological polar surface area (TPSA) is 45.2 Å². The van der Waals surface area contributed by atoms with Gasteiger partial charge >= 0.3 is 6.18 Å². The predicted octanol–water partition coefficient (Wildman–Crippen LogP) is 4.41. The Bertz CT molecular complexity index is 993. The van der Waals surface area contributed by atoms with Crippen molar-refractivity contribution >= 4 is 11.5 Å². The highest BCUT2D eigenvalue weighted by Crippen LogP contribution is 2.32. The van der Waals surface area contributed by atoms with Gasteiger partial charge in [-0.2, -0.15) is 13.2 Å². The number of benzene rings is 1. The summed E-state index contributed by atoms with van der Waals surface area (Å²) in [6.45, 7) is 2.34. The lowest BCUT2D eigenvalue weighted by atomic mass is 10.2. The van der Waals surface area contributed by atoms with E-state index >= 15 is 0 Å². The first-order valence-corrected chi connectivity index (χ1v) is 9.52. The Labute approximate surface area is 171 Å². The zero-order valence-corrected chi connectivity index (χ0v) is 16.0. The first-order valence-electron chi connectivity index (χ1n) is 9.52. The molecule has 0 aliphatic carbocycles. The number of hydrogen-bond donors (Lipinski definition) is 0. The minimum atomic E-state index is -4.58. The van der Waals surface area contributed by atoms with Gasteiger partial charge in [0.15, 0.2) is 11.5 Å². The molecule has 2 aromatic heterocycles. The summed E-state index contributed by atoms with van der Waals surface area (Å²) in [5.41, 5.74) is 0.326. The van der Waals surface area contributed by atoms with Crippen LogP contribution in [0.3, 0.4) is 0 Å². The molecule has 30 heavy (non-hydrogen) atoms. The largest absolute Gasteiger partial charge is 0.433 e. The molecule has 5 nitrogen and oxygen atoms in total. The van der Waals surface area contributed by atoms with E-state index in [0.717, 1.165) is 24.7 Å². The molecule has 0 radical (unpaired) electrons. The number of pyridine rings is 1. The van der Waals surface area contributed by atoms with E-state index in [0.29, 0.717) is 25.2 Å². The molecule has 0 spiro atoms. The van der Waals surface area contributed by atoms with E-state index in [2.05, 4.69) is 19.9 Å². The maximum atomic E-state index is 13.5. The van der Waals surface area contributed by atoms with Gasteiger partial charge in [0, 0.05) is 55.9 Å². The number of alkyl halides is 3. The van der Waals surface area contributed by atoms with Crippen LogP contribution in [0.5, 0.6) is 0 Å². The monoisotopic (exact) mass is 417 g/mol. The molecule has 9 heteroatoms. The summed E-state index contributed by atoms with van der Waals surface area (Å²) in [6, 6.07) is 10.5. The second-order valence-corrected chi connectivity index (χ2v) is 6.98. The Hall–Kier alpha value is -3.23. The molecule has 0 bridgehead atoms. The third-order valence-corrected chi connectivity index (χ3v) is 4.93. The lowest BCUT2D eigenvalue weighted by Gasteiger charge is -2.25. The number of rotatable bonds is 3. The van der Waals surface area contributed by atoms with Gasteiger partial charge in [0.2, 0.25) is 0 Å². The van der Waals surface area contributed by atoms with Crippen molar-refractivity contribution < 1.29 is 17.6 Å². The minimum Gasteiger partial charge on any atom is -0.370 e. The van der Waals surface area contributed by atoms with Crippen LogP contribution < -0.4 is 9.80 Å². The Morgan fingerprint density at radius 1 is 0.867 bits per heavy atom. The fraction of sp³-hybridized carbons (Fsp3) is 0.286. The summed E-state index contributed by atoms with van der Waals surface area (Å²) in [5.74, 6) is -0.0801. The molecule has 4 rings (SSSR count). The zero-order chi connectivity index (χ0) is 21.1. The maximum Gasteiger partial charge on any atom is 0.433 e. The van der Waals surface area contributed by atoms with Gasteiger partial charge in [0.25, 0.3) is 0 Å². The molecule has 0 N–H and O–H groups in total. The number of anilines is 2. The molecule has 1 fully saturated rings.